The Morgan fingerprint density at radius 1 is 0.857 bits per heavy atom. The molecule has 2 rings (SSSR count). The van der Waals surface area contributed by atoms with Crippen LogP contribution in [0.4, 0.5) is 0 Å². The van der Waals surface area contributed by atoms with Crippen LogP contribution in [-0.2, 0) is 0 Å². The highest BCUT2D eigenvalue weighted by molar-refractivity contribution is 5.40. The maximum Gasteiger partial charge on any atom is 0.162 e. The molecule has 0 saturated carbocycles. The summed E-state index contributed by atoms with van der Waals surface area (Å²) in [5.74, 6) is 1.52. The Morgan fingerprint density at radius 3 is 2.00 bits per heavy atom. The van der Waals surface area contributed by atoms with Crippen molar-refractivity contribution in [2.24, 2.45) is 0 Å². The normalized spacial score (nSPS) is 13.8. The highest BCUT2D eigenvalue weighted by Crippen LogP contribution is 2.33. The lowest BCUT2D eigenvalue weighted by atomic mass is 10.0. The van der Waals surface area contributed by atoms with Crippen molar-refractivity contribution >= 4 is 0 Å². The Bertz CT molecular complexity index is 554. The van der Waals surface area contributed by atoms with Crippen LogP contribution in [0, 0.1) is 0 Å². The minimum Gasteiger partial charge on any atom is -0.493 e. The minimum atomic E-state index is -0.0579. The largest absolute Gasteiger partial charge is 0.493 e. The zero-order valence-electron chi connectivity index (χ0n) is 13.1. The van der Waals surface area contributed by atoms with Gasteiger partial charge in [0.15, 0.2) is 11.5 Å². The van der Waals surface area contributed by atoms with Gasteiger partial charge in [-0.15, -0.1) is 0 Å². The molecule has 2 atom stereocenters. The van der Waals surface area contributed by atoms with E-state index < -0.39 is 0 Å². The van der Waals surface area contributed by atoms with Gasteiger partial charge in [0.25, 0.3) is 0 Å². The summed E-state index contributed by atoms with van der Waals surface area (Å²) in [4.78, 5) is 2.16. The molecule has 0 fully saturated rings. The van der Waals surface area contributed by atoms with Gasteiger partial charge in [-0.25, -0.2) is 0 Å². The number of likely N-dealkylation sites (N-methyl/N-ethyl adjacent to an activating group) is 1. The Hall–Kier alpha value is -2.00. The predicted octanol–water partition coefficient (Wildman–Crippen LogP) is 3.77. The van der Waals surface area contributed by atoms with Crippen molar-refractivity contribution in [3.05, 3.63) is 60.2 Å². The fourth-order valence-corrected chi connectivity index (χ4v) is 2.21. The number of para-hydroxylation sites is 2. The number of hydrogen-bond acceptors (Lipinski definition) is 3. The van der Waals surface area contributed by atoms with Crippen LogP contribution in [0.1, 0.15) is 18.6 Å². The summed E-state index contributed by atoms with van der Waals surface area (Å²) in [6.45, 7) is 2.16. The topological polar surface area (TPSA) is 21.7 Å². The molecular formula is C18H23NO2. The number of rotatable bonds is 6. The summed E-state index contributed by atoms with van der Waals surface area (Å²) < 4.78 is 11.7. The maximum absolute atomic E-state index is 6.28. The third kappa shape index (κ3) is 3.76. The van der Waals surface area contributed by atoms with Gasteiger partial charge in [0.1, 0.15) is 6.10 Å². The smallest absolute Gasteiger partial charge is 0.162 e. The number of hydrogen-bond donors (Lipinski definition) is 0. The molecule has 0 aliphatic heterocycles. The molecule has 21 heavy (non-hydrogen) atoms. The van der Waals surface area contributed by atoms with E-state index in [1.165, 1.54) is 0 Å². The second kappa shape index (κ2) is 7.14. The molecular weight excluding hydrogens is 262 g/mol. The van der Waals surface area contributed by atoms with Gasteiger partial charge in [0.2, 0.25) is 0 Å². The van der Waals surface area contributed by atoms with E-state index in [2.05, 4.69) is 38.1 Å². The van der Waals surface area contributed by atoms with E-state index in [-0.39, 0.29) is 12.1 Å². The monoisotopic (exact) mass is 285 g/mol. The molecule has 0 N–H and O–H groups in total. The highest BCUT2D eigenvalue weighted by atomic mass is 16.5. The summed E-state index contributed by atoms with van der Waals surface area (Å²) in [6.07, 6.45) is -0.0579. The average Bonchev–Trinajstić information content (AvgIpc) is 2.53. The lowest BCUT2D eigenvalue weighted by Gasteiger charge is -2.30. The molecule has 0 amide bonds. The number of methoxy groups -OCH3 is 1. The van der Waals surface area contributed by atoms with Crippen LogP contribution in [0.15, 0.2) is 54.6 Å². The van der Waals surface area contributed by atoms with Gasteiger partial charge in [-0.2, -0.15) is 0 Å². The lowest BCUT2D eigenvalue weighted by Crippen LogP contribution is -2.34. The molecule has 3 heteroatoms. The Balaban J connectivity index is 2.32. The SMILES string of the molecule is COc1ccccc1O[C@H](c1ccccc1)[C@@H](C)N(C)C. The summed E-state index contributed by atoms with van der Waals surface area (Å²) in [5.41, 5.74) is 1.16. The van der Waals surface area contributed by atoms with E-state index in [1.54, 1.807) is 7.11 Å². The first-order chi connectivity index (χ1) is 10.1. The standard InChI is InChI=1S/C18H23NO2/c1-14(19(2)3)18(15-10-6-5-7-11-15)21-17-13-9-8-12-16(17)20-4/h5-14,18H,1-4H3/t14-,18+/m1/s1. The van der Waals surface area contributed by atoms with Crippen LogP contribution < -0.4 is 9.47 Å². The minimum absolute atomic E-state index is 0.0579. The van der Waals surface area contributed by atoms with Crippen LogP contribution >= 0.6 is 0 Å². The molecule has 0 aliphatic carbocycles. The van der Waals surface area contributed by atoms with Gasteiger partial charge >= 0.3 is 0 Å². The molecule has 2 aromatic carbocycles. The van der Waals surface area contributed by atoms with Crippen molar-refractivity contribution in [1.82, 2.24) is 4.90 Å². The lowest BCUT2D eigenvalue weighted by molar-refractivity contribution is 0.104. The van der Waals surface area contributed by atoms with Crippen LogP contribution in [0.25, 0.3) is 0 Å². The van der Waals surface area contributed by atoms with Crippen molar-refractivity contribution in [2.45, 2.75) is 19.1 Å². The van der Waals surface area contributed by atoms with E-state index in [0.717, 1.165) is 17.1 Å². The molecule has 2 aromatic rings. The molecule has 0 radical (unpaired) electrons. The quantitative estimate of drug-likeness (QED) is 0.806. The Labute approximate surface area is 127 Å². The number of benzene rings is 2. The van der Waals surface area contributed by atoms with Crippen LogP contribution in [-0.4, -0.2) is 32.1 Å². The van der Waals surface area contributed by atoms with Crippen molar-refractivity contribution in [1.29, 1.82) is 0 Å². The van der Waals surface area contributed by atoms with Crippen LogP contribution in [0.5, 0.6) is 11.5 Å². The van der Waals surface area contributed by atoms with Gasteiger partial charge in [0.05, 0.1) is 7.11 Å². The first kappa shape index (κ1) is 15.4. The van der Waals surface area contributed by atoms with E-state index in [9.17, 15) is 0 Å². The molecule has 3 nitrogen and oxygen atoms in total. The molecule has 0 saturated heterocycles. The molecule has 0 unspecified atom stereocenters. The van der Waals surface area contributed by atoms with Crippen molar-refractivity contribution in [3.8, 4) is 11.5 Å². The van der Waals surface area contributed by atoms with E-state index in [4.69, 9.17) is 9.47 Å². The zero-order valence-corrected chi connectivity index (χ0v) is 13.1. The van der Waals surface area contributed by atoms with E-state index in [0.29, 0.717) is 0 Å². The first-order valence-corrected chi connectivity index (χ1v) is 7.14. The Kier molecular flexibility index (Phi) is 5.23. The second-order valence-electron chi connectivity index (χ2n) is 5.30. The van der Waals surface area contributed by atoms with Crippen LogP contribution in [0.3, 0.4) is 0 Å². The molecule has 0 aliphatic rings. The maximum atomic E-state index is 6.28. The number of nitrogens with zero attached hydrogens (tertiary/aromatic N) is 1. The van der Waals surface area contributed by atoms with E-state index in [1.807, 2.05) is 42.5 Å². The van der Waals surface area contributed by atoms with Gasteiger partial charge in [-0.1, -0.05) is 42.5 Å². The van der Waals surface area contributed by atoms with Gasteiger partial charge in [0, 0.05) is 6.04 Å². The fraction of sp³-hybridized carbons (Fsp3) is 0.333. The van der Waals surface area contributed by atoms with Gasteiger partial charge in [-0.3, -0.25) is 0 Å². The zero-order chi connectivity index (χ0) is 15.2. The highest BCUT2D eigenvalue weighted by Gasteiger charge is 2.24. The third-order valence-corrected chi connectivity index (χ3v) is 3.70. The molecule has 112 valence electrons. The fourth-order valence-electron chi connectivity index (χ4n) is 2.21. The first-order valence-electron chi connectivity index (χ1n) is 7.14. The summed E-state index contributed by atoms with van der Waals surface area (Å²) >= 11 is 0. The van der Waals surface area contributed by atoms with Gasteiger partial charge in [-0.05, 0) is 38.7 Å². The molecule has 0 bridgehead atoms. The predicted molar refractivity (Wildman–Crippen MR) is 86.0 cm³/mol. The van der Waals surface area contributed by atoms with E-state index >= 15 is 0 Å². The average molecular weight is 285 g/mol. The summed E-state index contributed by atoms with van der Waals surface area (Å²) in [6, 6.07) is 18.3. The summed E-state index contributed by atoms with van der Waals surface area (Å²) in [5, 5.41) is 0. The molecule has 0 spiro atoms. The van der Waals surface area contributed by atoms with Crippen molar-refractivity contribution in [2.75, 3.05) is 21.2 Å². The van der Waals surface area contributed by atoms with Crippen molar-refractivity contribution in [3.63, 3.8) is 0 Å². The van der Waals surface area contributed by atoms with Crippen LogP contribution in [0.2, 0.25) is 0 Å². The van der Waals surface area contributed by atoms with Gasteiger partial charge < -0.3 is 14.4 Å². The summed E-state index contributed by atoms with van der Waals surface area (Å²) in [7, 11) is 5.79. The number of ether oxygens (including phenoxy) is 2. The molecule has 0 aromatic heterocycles. The second-order valence-corrected chi connectivity index (χ2v) is 5.30. The third-order valence-electron chi connectivity index (χ3n) is 3.70. The Morgan fingerprint density at radius 2 is 1.43 bits per heavy atom. The van der Waals surface area contributed by atoms with Crippen molar-refractivity contribution < 1.29 is 9.47 Å². The molecule has 0 heterocycles.